The number of halogens is 3. The molecule has 0 aliphatic rings. The summed E-state index contributed by atoms with van der Waals surface area (Å²) >= 11 is 0. The second kappa shape index (κ2) is 2.58. The Hall–Kier alpha value is -0.970. The summed E-state index contributed by atoms with van der Waals surface area (Å²) in [6.45, 7) is 0. The monoisotopic (exact) mass is 166 g/mol. The van der Waals surface area contributed by atoms with Crippen LogP contribution in [0, 0.1) is 0 Å². The van der Waals surface area contributed by atoms with Crippen molar-refractivity contribution in [1.82, 2.24) is 0 Å². The molecular formula is C6H5F3O2. The normalized spacial score (nSPS) is 16.8. The van der Waals surface area contributed by atoms with Gasteiger partial charge in [-0.1, -0.05) is 0 Å². The Bertz CT molecular complexity index is 218. The van der Waals surface area contributed by atoms with Crippen molar-refractivity contribution in [3.63, 3.8) is 0 Å². The van der Waals surface area contributed by atoms with E-state index in [9.17, 15) is 13.2 Å². The van der Waals surface area contributed by atoms with E-state index in [1.54, 1.807) is 0 Å². The first-order chi connectivity index (χ1) is 5.05. The van der Waals surface area contributed by atoms with Gasteiger partial charge >= 0.3 is 12.3 Å². The van der Waals surface area contributed by atoms with Crippen LogP contribution in [-0.4, -0.2) is 11.5 Å². The van der Waals surface area contributed by atoms with Gasteiger partial charge in [-0.25, -0.2) is 8.78 Å². The largest absolute Gasteiger partial charge is 0.463 e. The maximum atomic E-state index is 12.5. The summed E-state index contributed by atoms with van der Waals surface area (Å²) < 4.78 is 40.1. The van der Waals surface area contributed by atoms with E-state index in [1.165, 1.54) is 6.07 Å². The molecular weight excluding hydrogens is 161 g/mol. The van der Waals surface area contributed by atoms with Crippen molar-refractivity contribution in [2.45, 2.75) is 12.3 Å². The molecule has 11 heavy (non-hydrogen) atoms. The topological polar surface area (TPSA) is 33.4 Å². The van der Waals surface area contributed by atoms with E-state index in [1.807, 2.05) is 0 Å². The summed E-state index contributed by atoms with van der Waals surface area (Å²) in [5.74, 6) is -4.46. The maximum absolute atomic E-state index is 12.5. The Morgan fingerprint density at radius 2 is 2.18 bits per heavy atom. The third-order valence-electron chi connectivity index (χ3n) is 1.16. The number of aliphatic hydroxyl groups is 1. The minimum atomic E-state index is -3.68. The van der Waals surface area contributed by atoms with Crippen LogP contribution in [0.25, 0.3) is 0 Å². The van der Waals surface area contributed by atoms with Crippen molar-refractivity contribution >= 4 is 0 Å². The molecule has 0 saturated carbocycles. The maximum Gasteiger partial charge on any atom is 0.326 e. The van der Waals surface area contributed by atoms with E-state index in [-0.39, 0.29) is 0 Å². The summed E-state index contributed by atoms with van der Waals surface area (Å²) in [7, 11) is 0. The fourth-order valence-electron chi connectivity index (χ4n) is 0.586. The molecule has 5 heteroatoms. The van der Waals surface area contributed by atoms with Gasteiger partial charge in [0.25, 0.3) is 0 Å². The molecule has 0 aliphatic carbocycles. The lowest BCUT2D eigenvalue weighted by molar-refractivity contribution is -0.205. The lowest BCUT2D eigenvalue weighted by atomic mass is 10.2. The standard InChI is InChI=1S/C6H5F3O2/c7-5(8)6(9,10)4-2-1-3-11-4/h1-3,5,10H. The van der Waals surface area contributed by atoms with Crippen LogP contribution in [0.3, 0.4) is 0 Å². The van der Waals surface area contributed by atoms with E-state index in [2.05, 4.69) is 4.42 Å². The average molecular weight is 166 g/mol. The molecule has 62 valence electrons. The van der Waals surface area contributed by atoms with Crippen LogP contribution < -0.4 is 0 Å². The number of furan rings is 1. The van der Waals surface area contributed by atoms with Crippen LogP contribution in [0.1, 0.15) is 5.76 Å². The molecule has 2 nitrogen and oxygen atoms in total. The molecule has 0 aromatic carbocycles. The van der Waals surface area contributed by atoms with Gasteiger partial charge < -0.3 is 9.52 Å². The zero-order valence-corrected chi connectivity index (χ0v) is 5.30. The Morgan fingerprint density at radius 1 is 1.55 bits per heavy atom. The molecule has 1 aromatic heterocycles. The number of alkyl halides is 3. The first kappa shape index (κ1) is 8.13. The molecule has 0 saturated heterocycles. The van der Waals surface area contributed by atoms with Crippen LogP contribution >= 0.6 is 0 Å². The van der Waals surface area contributed by atoms with Crippen molar-refractivity contribution in [1.29, 1.82) is 0 Å². The molecule has 0 fully saturated rings. The van der Waals surface area contributed by atoms with Gasteiger partial charge in [0.15, 0.2) is 5.76 Å². The number of rotatable bonds is 2. The molecule has 0 bridgehead atoms. The van der Waals surface area contributed by atoms with E-state index < -0.39 is 18.0 Å². The zero-order valence-electron chi connectivity index (χ0n) is 5.30. The lowest BCUT2D eigenvalue weighted by Gasteiger charge is -2.13. The van der Waals surface area contributed by atoms with Crippen molar-refractivity contribution in [3.05, 3.63) is 24.2 Å². The molecule has 1 unspecified atom stereocenters. The first-order valence-electron chi connectivity index (χ1n) is 2.78. The van der Waals surface area contributed by atoms with E-state index in [0.29, 0.717) is 0 Å². The van der Waals surface area contributed by atoms with Crippen LogP contribution in [-0.2, 0) is 5.85 Å². The fraction of sp³-hybridized carbons (Fsp3) is 0.333. The van der Waals surface area contributed by atoms with E-state index in [4.69, 9.17) is 5.11 Å². The van der Waals surface area contributed by atoms with Crippen molar-refractivity contribution in [3.8, 4) is 0 Å². The number of hydrogen-bond acceptors (Lipinski definition) is 2. The minimum absolute atomic E-state index is 0.785. The molecule has 0 amide bonds. The quantitative estimate of drug-likeness (QED) is 0.724. The lowest BCUT2D eigenvalue weighted by Crippen LogP contribution is -2.27. The molecule has 1 N–H and O–H groups in total. The summed E-state index contributed by atoms with van der Waals surface area (Å²) in [5, 5.41) is 8.44. The summed E-state index contributed by atoms with van der Waals surface area (Å²) in [6, 6.07) is 2.15. The molecule has 0 aliphatic heterocycles. The van der Waals surface area contributed by atoms with Crippen LogP contribution in [0.5, 0.6) is 0 Å². The molecule has 1 rings (SSSR count). The predicted octanol–water partition coefficient (Wildman–Crippen LogP) is 1.66. The molecule has 1 aromatic rings. The minimum Gasteiger partial charge on any atom is -0.463 e. The van der Waals surface area contributed by atoms with Crippen molar-refractivity contribution in [2.24, 2.45) is 0 Å². The molecule has 1 atom stereocenters. The highest BCUT2D eigenvalue weighted by molar-refractivity contribution is 5.06. The number of hydrogen-bond donors (Lipinski definition) is 1. The summed E-state index contributed by atoms with van der Waals surface area (Å²) in [5.41, 5.74) is 0. The highest BCUT2D eigenvalue weighted by Crippen LogP contribution is 2.29. The van der Waals surface area contributed by atoms with Crippen LogP contribution in [0.2, 0.25) is 0 Å². The Kier molecular flexibility index (Phi) is 1.90. The van der Waals surface area contributed by atoms with Gasteiger partial charge in [-0.05, 0) is 12.1 Å². The molecule has 1 heterocycles. The van der Waals surface area contributed by atoms with Gasteiger partial charge in [-0.3, -0.25) is 0 Å². The van der Waals surface area contributed by atoms with Gasteiger partial charge in [0.2, 0.25) is 0 Å². The molecule has 0 spiro atoms. The van der Waals surface area contributed by atoms with Gasteiger partial charge in [0.05, 0.1) is 6.26 Å². The molecule has 0 radical (unpaired) electrons. The zero-order chi connectivity index (χ0) is 8.48. The third-order valence-corrected chi connectivity index (χ3v) is 1.16. The van der Waals surface area contributed by atoms with Gasteiger partial charge in [-0.15, -0.1) is 0 Å². The van der Waals surface area contributed by atoms with Crippen LogP contribution in [0.15, 0.2) is 22.8 Å². The summed E-state index contributed by atoms with van der Waals surface area (Å²) in [6.07, 6.45) is -2.50. The van der Waals surface area contributed by atoms with Crippen molar-refractivity contribution in [2.75, 3.05) is 0 Å². The predicted molar refractivity (Wildman–Crippen MR) is 29.7 cm³/mol. The Labute approximate surface area is 60.2 Å². The first-order valence-corrected chi connectivity index (χ1v) is 2.78. The fourth-order valence-corrected chi connectivity index (χ4v) is 0.586. The Morgan fingerprint density at radius 3 is 2.55 bits per heavy atom. The summed E-state index contributed by atoms with van der Waals surface area (Å²) in [4.78, 5) is 0. The van der Waals surface area contributed by atoms with E-state index >= 15 is 0 Å². The van der Waals surface area contributed by atoms with Gasteiger partial charge in [0, 0.05) is 0 Å². The third kappa shape index (κ3) is 1.37. The van der Waals surface area contributed by atoms with Gasteiger partial charge in [-0.2, -0.15) is 4.39 Å². The van der Waals surface area contributed by atoms with Crippen LogP contribution in [0.4, 0.5) is 13.2 Å². The average Bonchev–Trinajstić information content (AvgIpc) is 2.37. The highest BCUT2D eigenvalue weighted by Gasteiger charge is 2.42. The van der Waals surface area contributed by atoms with E-state index in [0.717, 1.165) is 12.3 Å². The van der Waals surface area contributed by atoms with Gasteiger partial charge in [0.1, 0.15) is 0 Å². The second-order valence-electron chi connectivity index (χ2n) is 1.95. The smallest absolute Gasteiger partial charge is 0.326 e. The highest BCUT2D eigenvalue weighted by atomic mass is 19.3. The van der Waals surface area contributed by atoms with Crippen molar-refractivity contribution < 1.29 is 22.7 Å². The second-order valence-corrected chi connectivity index (χ2v) is 1.95. The Balaban J connectivity index is 2.90. The SMILES string of the molecule is OC(F)(c1ccco1)C(F)F.